The highest BCUT2D eigenvalue weighted by molar-refractivity contribution is 7.89. The zero-order valence-corrected chi connectivity index (χ0v) is 12.9. The van der Waals surface area contributed by atoms with Crippen LogP contribution in [0.5, 0.6) is 0 Å². The first-order chi connectivity index (χ1) is 9.38. The van der Waals surface area contributed by atoms with E-state index in [9.17, 15) is 8.42 Å². The monoisotopic (exact) mass is 297 g/mol. The molecule has 0 bridgehead atoms. The van der Waals surface area contributed by atoms with Crippen molar-refractivity contribution in [1.29, 1.82) is 0 Å². The van der Waals surface area contributed by atoms with Gasteiger partial charge in [-0.1, -0.05) is 12.1 Å². The van der Waals surface area contributed by atoms with E-state index >= 15 is 0 Å². The topological polar surface area (TPSA) is 75.4 Å². The maximum absolute atomic E-state index is 12.2. The Labute approximate surface area is 121 Å². The number of rotatable bonds is 5. The maximum atomic E-state index is 12.2. The van der Waals surface area contributed by atoms with Crippen molar-refractivity contribution < 1.29 is 8.42 Å². The zero-order chi connectivity index (χ0) is 14.8. The Bertz CT molecular complexity index is 540. The van der Waals surface area contributed by atoms with Crippen LogP contribution in [0.25, 0.3) is 0 Å². The second kappa shape index (κ2) is 6.22. The van der Waals surface area contributed by atoms with E-state index in [0.717, 1.165) is 25.1 Å². The van der Waals surface area contributed by atoms with Gasteiger partial charge < -0.3 is 10.6 Å². The molecule has 112 valence electrons. The van der Waals surface area contributed by atoms with Gasteiger partial charge in [-0.2, -0.15) is 0 Å². The van der Waals surface area contributed by atoms with Crippen molar-refractivity contribution >= 4 is 10.0 Å². The second-order valence-corrected chi connectivity index (χ2v) is 7.39. The quantitative estimate of drug-likeness (QED) is 0.848. The Morgan fingerprint density at radius 3 is 2.55 bits per heavy atom. The normalized spacial score (nSPS) is 22.1. The van der Waals surface area contributed by atoms with Crippen molar-refractivity contribution in [2.75, 3.05) is 26.7 Å². The van der Waals surface area contributed by atoms with Crippen molar-refractivity contribution in [3.63, 3.8) is 0 Å². The van der Waals surface area contributed by atoms with Crippen molar-refractivity contribution in [3.8, 4) is 0 Å². The molecule has 2 rings (SSSR count). The molecule has 1 aromatic carbocycles. The fourth-order valence-corrected chi connectivity index (χ4v) is 3.57. The van der Waals surface area contributed by atoms with E-state index in [0.29, 0.717) is 17.4 Å². The lowest BCUT2D eigenvalue weighted by atomic mass is 10.1. The molecule has 0 aliphatic carbocycles. The van der Waals surface area contributed by atoms with Gasteiger partial charge in [0.15, 0.2) is 0 Å². The molecule has 5 nitrogen and oxygen atoms in total. The predicted octanol–water partition coefficient (Wildman–Crippen LogP) is 0.936. The van der Waals surface area contributed by atoms with Crippen LogP contribution in [0.2, 0.25) is 0 Å². The Balaban J connectivity index is 1.99. The van der Waals surface area contributed by atoms with Gasteiger partial charge in [0.2, 0.25) is 10.0 Å². The number of hydrogen-bond donors (Lipinski definition) is 2. The molecular formula is C14H23N3O2S. The third-order valence-corrected chi connectivity index (χ3v) is 5.21. The number of nitrogens with one attached hydrogen (secondary N) is 1. The van der Waals surface area contributed by atoms with Crippen molar-refractivity contribution in [2.45, 2.75) is 24.3 Å². The minimum Gasteiger partial charge on any atom is -0.324 e. The van der Waals surface area contributed by atoms with E-state index in [4.69, 9.17) is 5.73 Å². The minimum atomic E-state index is -3.42. The molecule has 0 aromatic heterocycles. The first-order valence-electron chi connectivity index (χ1n) is 6.92. The van der Waals surface area contributed by atoms with Crippen molar-refractivity contribution in [2.24, 2.45) is 11.7 Å². The lowest BCUT2D eigenvalue weighted by Gasteiger charge is -2.13. The van der Waals surface area contributed by atoms with Gasteiger partial charge >= 0.3 is 0 Å². The van der Waals surface area contributed by atoms with E-state index in [1.165, 1.54) is 0 Å². The van der Waals surface area contributed by atoms with Crippen molar-refractivity contribution in [3.05, 3.63) is 29.8 Å². The first-order valence-corrected chi connectivity index (χ1v) is 8.40. The molecule has 0 spiro atoms. The molecule has 0 amide bonds. The smallest absolute Gasteiger partial charge is 0.240 e. The molecule has 0 saturated carbocycles. The lowest BCUT2D eigenvalue weighted by molar-refractivity contribution is 0.394. The van der Waals surface area contributed by atoms with Gasteiger partial charge in [-0.3, -0.25) is 0 Å². The first kappa shape index (κ1) is 15.4. The van der Waals surface area contributed by atoms with Gasteiger partial charge in [0.05, 0.1) is 4.90 Å². The Kier molecular flexibility index (Phi) is 4.80. The Hall–Kier alpha value is -0.950. The molecule has 1 aliphatic heterocycles. The van der Waals surface area contributed by atoms with E-state index < -0.39 is 10.0 Å². The summed E-state index contributed by atoms with van der Waals surface area (Å²) in [5.74, 6) is 0.401. The van der Waals surface area contributed by atoms with Crippen LogP contribution in [0.4, 0.5) is 0 Å². The summed E-state index contributed by atoms with van der Waals surface area (Å²) in [6.45, 7) is 4.36. The van der Waals surface area contributed by atoms with Crippen molar-refractivity contribution in [1.82, 2.24) is 9.62 Å². The standard InChI is InChI=1S/C14H23N3O2S/c1-11(15)13-3-5-14(6-4-13)20(18,19)16-9-12-7-8-17(2)10-12/h3-6,11-12,16H,7-10,15H2,1-2H3. The third-order valence-electron chi connectivity index (χ3n) is 3.77. The highest BCUT2D eigenvalue weighted by Gasteiger charge is 2.22. The largest absolute Gasteiger partial charge is 0.324 e. The van der Waals surface area contributed by atoms with Gasteiger partial charge in [0, 0.05) is 19.1 Å². The van der Waals surface area contributed by atoms with Crippen LogP contribution in [0.1, 0.15) is 24.9 Å². The molecular weight excluding hydrogens is 274 g/mol. The van der Waals surface area contributed by atoms with E-state index in [2.05, 4.69) is 16.7 Å². The van der Waals surface area contributed by atoms with E-state index in [1.807, 2.05) is 6.92 Å². The van der Waals surface area contributed by atoms with Crippen LogP contribution in [0.3, 0.4) is 0 Å². The number of nitrogens with zero attached hydrogens (tertiary/aromatic N) is 1. The average molecular weight is 297 g/mol. The molecule has 0 radical (unpaired) electrons. The summed E-state index contributed by atoms with van der Waals surface area (Å²) in [6.07, 6.45) is 1.04. The molecule has 6 heteroatoms. The van der Waals surface area contributed by atoms with E-state index in [1.54, 1.807) is 24.3 Å². The highest BCUT2D eigenvalue weighted by Crippen LogP contribution is 2.16. The van der Waals surface area contributed by atoms with Crippen LogP contribution >= 0.6 is 0 Å². The summed E-state index contributed by atoms with van der Waals surface area (Å²) >= 11 is 0. The number of hydrogen-bond acceptors (Lipinski definition) is 4. The molecule has 1 aliphatic rings. The highest BCUT2D eigenvalue weighted by atomic mass is 32.2. The van der Waals surface area contributed by atoms with E-state index in [-0.39, 0.29) is 6.04 Å². The minimum absolute atomic E-state index is 0.0891. The molecule has 1 aromatic rings. The summed E-state index contributed by atoms with van der Waals surface area (Å²) < 4.78 is 27.1. The molecule has 20 heavy (non-hydrogen) atoms. The van der Waals surface area contributed by atoms with Gasteiger partial charge in [0.1, 0.15) is 0 Å². The fourth-order valence-electron chi connectivity index (χ4n) is 2.45. The zero-order valence-electron chi connectivity index (χ0n) is 12.0. The SMILES string of the molecule is CC(N)c1ccc(S(=O)(=O)NCC2CCN(C)C2)cc1. The number of nitrogens with two attached hydrogens (primary N) is 1. The Morgan fingerprint density at radius 1 is 1.40 bits per heavy atom. The molecule has 2 unspecified atom stereocenters. The van der Waals surface area contributed by atoms with Crippen LogP contribution in [0, 0.1) is 5.92 Å². The fraction of sp³-hybridized carbons (Fsp3) is 0.571. The maximum Gasteiger partial charge on any atom is 0.240 e. The lowest BCUT2D eigenvalue weighted by Crippen LogP contribution is -2.30. The second-order valence-electron chi connectivity index (χ2n) is 5.63. The summed E-state index contributed by atoms with van der Waals surface area (Å²) in [5.41, 5.74) is 6.69. The van der Waals surface area contributed by atoms with Gasteiger partial charge in [-0.25, -0.2) is 13.1 Å². The molecule has 1 fully saturated rings. The Morgan fingerprint density at radius 2 is 2.05 bits per heavy atom. The summed E-state index contributed by atoms with van der Waals surface area (Å²) in [6, 6.07) is 6.67. The van der Waals surface area contributed by atoms with Crippen LogP contribution in [0.15, 0.2) is 29.2 Å². The molecule has 1 heterocycles. The third kappa shape index (κ3) is 3.79. The van der Waals surface area contributed by atoms with Crippen LogP contribution in [-0.2, 0) is 10.0 Å². The molecule has 2 atom stereocenters. The van der Waals surface area contributed by atoms with Crippen LogP contribution < -0.4 is 10.5 Å². The summed E-state index contributed by atoms with van der Waals surface area (Å²) in [7, 11) is -1.36. The number of sulfonamides is 1. The number of likely N-dealkylation sites (tertiary alicyclic amines) is 1. The summed E-state index contributed by atoms with van der Waals surface area (Å²) in [5, 5.41) is 0. The van der Waals surface area contributed by atoms with Crippen LogP contribution in [-0.4, -0.2) is 40.0 Å². The van der Waals surface area contributed by atoms with Gasteiger partial charge in [0.25, 0.3) is 0 Å². The molecule has 3 N–H and O–H groups in total. The van der Waals surface area contributed by atoms with Gasteiger partial charge in [-0.05, 0) is 50.6 Å². The number of benzene rings is 1. The average Bonchev–Trinajstić information content (AvgIpc) is 2.82. The summed E-state index contributed by atoms with van der Waals surface area (Å²) in [4.78, 5) is 2.52. The van der Waals surface area contributed by atoms with Gasteiger partial charge in [-0.15, -0.1) is 0 Å². The predicted molar refractivity (Wildman–Crippen MR) is 79.8 cm³/mol. The molecule has 1 saturated heterocycles.